The third-order valence-electron chi connectivity index (χ3n) is 3.05. The lowest BCUT2D eigenvalue weighted by Gasteiger charge is -2.21. The van der Waals surface area contributed by atoms with Crippen molar-refractivity contribution in [2.24, 2.45) is 17.8 Å². The molecule has 2 heteroatoms. The lowest BCUT2D eigenvalue weighted by Crippen LogP contribution is -2.17. The Labute approximate surface area is 73.1 Å². The summed E-state index contributed by atoms with van der Waals surface area (Å²) in [5.41, 5.74) is 0. The van der Waals surface area contributed by atoms with E-state index in [9.17, 15) is 0 Å². The summed E-state index contributed by atoms with van der Waals surface area (Å²) in [5.74, 6) is 3.62. The lowest BCUT2D eigenvalue weighted by atomic mass is 9.94. The zero-order chi connectivity index (χ0) is 7.68. The van der Waals surface area contributed by atoms with Crippen molar-refractivity contribution < 1.29 is 4.74 Å². The van der Waals surface area contributed by atoms with Crippen LogP contribution in [0.15, 0.2) is 0 Å². The Morgan fingerprint density at radius 2 is 2.00 bits per heavy atom. The van der Waals surface area contributed by atoms with Crippen LogP contribution in [0.3, 0.4) is 0 Å². The third kappa shape index (κ3) is 1.70. The molecule has 0 aromatic heterocycles. The van der Waals surface area contributed by atoms with Crippen LogP contribution in [0.2, 0.25) is 0 Å². The predicted molar refractivity (Wildman–Crippen MR) is 45.9 cm³/mol. The Bertz CT molecular complexity index is 132. The second kappa shape index (κ2) is 3.32. The molecule has 2 fully saturated rings. The second-order valence-corrected chi connectivity index (χ2v) is 4.07. The van der Waals surface area contributed by atoms with Gasteiger partial charge in [0.1, 0.15) is 0 Å². The highest BCUT2D eigenvalue weighted by molar-refractivity contribution is 6.18. The molecule has 0 bridgehead atoms. The summed E-state index contributed by atoms with van der Waals surface area (Å²) in [6.45, 7) is 1.96. The van der Waals surface area contributed by atoms with E-state index in [0.29, 0.717) is 0 Å². The zero-order valence-electron chi connectivity index (χ0n) is 6.76. The first kappa shape index (κ1) is 7.88. The Morgan fingerprint density at radius 1 is 1.27 bits per heavy atom. The molecule has 0 spiro atoms. The minimum Gasteiger partial charge on any atom is -0.381 e. The van der Waals surface area contributed by atoms with E-state index in [1.807, 2.05) is 0 Å². The fraction of sp³-hybridized carbons (Fsp3) is 1.00. The average Bonchev–Trinajstić information content (AvgIpc) is 2.85. The molecule has 2 unspecified atom stereocenters. The summed E-state index contributed by atoms with van der Waals surface area (Å²) < 4.78 is 5.31. The highest BCUT2D eigenvalue weighted by atomic mass is 35.5. The van der Waals surface area contributed by atoms with Gasteiger partial charge in [-0.05, 0) is 37.0 Å². The molecule has 0 aromatic carbocycles. The van der Waals surface area contributed by atoms with Crippen LogP contribution in [-0.2, 0) is 4.74 Å². The monoisotopic (exact) mass is 174 g/mol. The topological polar surface area (TPSA) is 9.23 Å². The number of halogens is 1. The van der Waals surface area contributed by atoms with Crippen molar-refractivity contribution in [2.45, 2.75) is 19.3 Å². The van der Waals surface area contributed by atoms with Gasteiger partial charge in [0.05, 0.1) is 0 Å². The summed E-state index contributed by atoms with van der Waals surface area (Å²) in [7, 11) is 0. The highest BCUT2D eigenvalue weighted by Gasteiger charge is 2.42. The van der Waals surface area contributed by atoms with Gasteiger partial charge in [-0.25, -0.2) is 0 Å². The number of ether oxygens (including phenoxy) is 1. The minimum absolute atomic E-state index is 0.847. The van der Waals surface area contributed by atoms with Crippen LogP contribution in [0.5, 0.6) is 0 Å². The minimum atomic E-state index is 0.847. The highest BCUT2D eigenvalue weighted by Crippen LogP contribution is 2.48. The van der Waals surface area contributed by atoms with Crippen LogP contribution in [0, 0.1) is 17.8 Å². The molecule has 11 heavy (non-hydrogen) atoms. The van der Waals surface area contributed by atoms with Gasteiger partial charge >= 0.3 is 0 Å². The molecule has 2 rings (SSSR count). The van der Waals surface area contributed by atoms with E-state index >= 15 is 0 Å². The van der Waals surface area contributed by atoms with E-state index in [1.54, 1.807) is 0 Å². The molecule has 1 aliphatic heterocycles. The summed E-state index contributed by atoms with van der Waals surface area (Å²) >= 11 is 5.78. The molecule has 0 aromatic rings. The molecular formula is C9H15ClO. The van der Waals surface area contributed by atoms with E-state index in [4.69, 9.17) is 16.3 Å². The summed E-state index contributed by atoms with van der Waals surface area (Å²) in [6.07, 6.45) is 3.93. The van der Waals surface area contributed by atoms with Gasteiger partial charge in [-0.1, -0.05) is 0 Å². The molecule has 0 amide bonds. The number of rotatable bonds is 2. The second-order valence-electron chi connectivity index (χ2n) is 3.76. The van der Waals surface area contributed by atoms with Crippen LogP contribution in [0.4, 0.5) is 0 Å². The van der Waals surface area contributed by atoms with Gasteiger partial charge in [0.2, 0.25) is 0 Å². The largest absolute Gasteiger partial charge is 0.381 e. The first-order chi connectivity index (χ1) is 5.42. The first-order valence-electron chi connectivity index (χ1n) is 4.55. The van der Waals surface area contributed by atoms with Gasteiger partial charge in [-0.3, -0.25) is 0 Å². The normalized spacial score (nSPS) is 39.0. The molecule has 0 N–H and O–H groups in total. The quantitative estimate of drug-likeness (QED) is 0.584. The maximum atomic E-state index is 5.78. The molecule has 1 aliphatic carbocycles. The molecule has 0 radical (unpaired) electrons. The smallest absolute Gasteiger partial charge is 0.0468 e. The number of alkyl halides is 1. The maximum absolute atomic E-state index is 5.78. The van der Waals surface area contributed by atoms with Crippen molar-refractivity contribution in [1.82, 2.24) is 0 Å². The summed E-state index contributed by atoms with van der Waals surface area (Å²) in [5, 5.41) is 0. The van der Waals surface area contributed by atoms with Gasteiger partial charge in [-0.2, -0.15) is 0 Å². The molecule has 2 aliphatic rings. The fourth-order valence-corrected chi connectivity index (χ4v) is 2.52. The molecular weight excluding hydrogens is 160 g/mol. The Morgan fingerprint density at radius 3 is 2.55 bits per heavy atom. The molecule has 1 saturated carbocycles. The van der Waals surface area contributed by atoms with Crippen molar-refractivity contribution in [3.8, 4) is 0 Å². The lowest BCUT2D eigenvalue weighted by molar-refractivity contribution is 0.0585. The van der Waals surface area contributed by atoms with Gasteiger partial charge < -0.3 is 4.74 Å². The van der Waals surface area contributed by atoms with Crippen molar-refractivity contribution >= 4 is 11.6 Å². The van der Waals surface area contributed by atoms with Gasteiger partial charge in [-0.15, -0.1) is 11.6 Å². The molecule has 1 nitrogen and oxygen atoms in total. The molecule has 1 heterocycles. The van der Waals surface area contributed by atoms with E-state index in [-0.39, 0.29) is 0 Å². The maximum Gasteiger partial charge on any atom is 0.0468 e. The summed E-state index contributed by atoms with van der Waals surface area (Å²) in [4.78, 5) is 0. The Kier molecular flexibility index (Phi) is 2.38. The van der Waals surface area contributed by atoms with Crippen LogP contribution in [0.1, 0.15) is 19.3 Å². The zero-order valence-corrected chi connectivity index (χ0v) is 7.52. The van der Waals surface area contributed by atoms with Crippen LogP contribution in [-0.4, -0.2) is 19.1 Å². The van der Waals surface area contributed by atoms with E-state index in [0.717, 1.165) is 36.8 Å². The Hall–Kier alpha value is 0.250. The first-order valence-corrected chi connectivity index (χ1v) is 5.09. The van der Waals surface area contributed by atoms with Crippen molar-refractivity contribution in [2.75, 3.05) is 19.1 Å². The van der Waals surface area contributed by atoms with E-state index in [2.05, 4.69) is 0 Å². The fourth-order valence-electron chi connectivity index (χ4n) is 2.17. The average molecular weight is 175 g/mol. The van der Waals surface area contributed by atoms with E-state index in [1.165, 1.54) is 19.3 Å². The van der Waals surface area contributed by atoms with Gasteiger partial charge in [0, 0.05) is 19.1 Å². The predicted octanol–water partition coefficient (Wildman–Crippen LogP) is 2.29. The van der Waals surface area contributed by atoms with Crippen molar-refractivity contribution in [1.29, 1.82) is 0 Å². The molecule has 64 valence electrons. The number of hydrogen-bond donors (Lipinski definition) is 0. The number of hydrogen-bond acceptors (Lipinski definition) is 1. The Balaban J connectivity index is 1.77. The molecule has 2 atom stereocenters. The van der Waals surface area contributed by atoms with Gasteiger partial charge in [0.25, 0.3) is 0 Å². The van der Waals surface area contributed by atoms with E-state index < -0.39 is 0 Å². The van der Waals surface area contributed by atoms with Crippen LogP contribution >= 0.6 is 11.6 Å². The third-order valence-corrected chi connectivity index (χ3v) is 3.44. The van der Waals surface area contributed by atoms with Crippen LogP contribution < -0.4 is 0 Å². The van der Waals surface area contributed by atoms with Crippen LogP contribution in [0.25, 0.3) is 0 Å². The van der Waals surface area contributed by atoms with Crippen molar-refractivity contribution in [3.05, 3.63) is 0 Å². The summed E-state index contributed by atoms with van der Waals surface area (Å²) in [6, 6.07) is 0. The SMILES string of the molecule is ClCC1CC1C1CCOCC1. The van der Waals surface area contributed by atoms with Gasteiger partial charge in [0.15, 0.2) is 0 Å². The van der Waals surface area contributed by atoms with Crippen molar-refractivity contribution in [3.63, 3.8) is 0 Å². The molecule has 1 saturated heterocycles. The standard InChI is InChI=1S/C9H15ClO/c10-6-8-5-9(8)7-1-3-11-4-2-7/h7-9H,1-6H2.